The molecule has 0 aliphatic heterocycles. The standard InChI is InChI=1S/C33H42N4O5/c1-32(2,3)37-30(39)28(20-23-12-14-26(15-13-23)41-22-25-10-8-7-9-11-25)35-29(38)27(21-24-16-18-34-19-17-24)36-31(40)42-33(4,5)6/h7-19,27-28H,20-22H2,1-6H3,(H,35,38)(H,36,40)(H,37,39)/t27-,28+/m1/s1. The fourth-order valence-corrected chi connectivity index (χ4v) is 4.05. The molecule has 2 aromatic carbocycles. The van der Waals surface area contributed by atoms with Gasteiger partial charge in [-0.3, -0.25) is 14.6 Å². The normalized spacial score (nSPS) is 12.9. The first-order valence-electron chi connectivity index (χ1n) is 14.0. The molecule has 42 heavy (non-hydrogen) atoms. The van der Waals surface area contributed by atoms with Crippen LogP contribution in [0.3, 0.4) is 0 Å². The van der Waals surface area contributed by atoms with Crippen molar-refractivity contribution < 1.29 is 23.9 Å². The molecular formula is C33H42N4O5. The lowest BCUT2D eigenvalue weighted by atomic mass is 10.0. The molecule has 9 nitrogen and oxygen atoms in total. The predicted molar refractivity (Wildman–Crippen MR) is 162 cm³/mol. The molecule has 0 fully saturated rings. The van der Waals surface area contributed by atoms with Crippen LogP contribution in [0.5, 0.6) is 5.75 Å². The third-order valence-electron chi connectivity index (χ3n) is 5.94. The molecule has 0 radical (unpaired) electrons. The number of hydrogen-bond donors (Lipinski definition) is 3. The summed E-state index contributed by atoms with van der Waals surface area (Å²) in [5, 5.41) is 8.50. The minimum atomic E-state index is -0.985. The third-order valence-corrected chi connectivity index (χ3v) is 5.94. The Labute approximate surface area is 248 Å². The topological polar surface area (TPSA) is 119 Å². The molecule has 0 saturated carbocycles. The third kappa shape index (κ3) is 11.6. The minimum Gasteiger partial charge on any atom is -0.489 e. The molecule has 3 amide bonds. The molecule has 1 aromatic heterocycles. The highest BCUT2D eigenvalue weighted by atomic mass is 16.6. The number of nitrogens with one attached hydrogen (secondary N) is 3. The van der Waals surface area contributed by atoms with Crippen molar-refractivity contribution in [2.24, 2.45) is 0 Å². The summed E-state index contributed by atoms with van der Waals surface area (Å²) in [6.45, 7) is 11.3. The van der Waals surface area contributed by atoms with Crippen LogP contribution in [0.15, 0.2) is 79.1 Å². The maximum atomic E-state index is 13.6. The van der Waals surface area contributed by atoms with Gasteiger partial charge in [0, 0.05) is 30.8 Å². The number of rotatable bonds is 11. The SMILES string of the molecule is CC(C)(C)NC(=O)[C@H](Cc1ccc(OCc2ccccc2)cc1)NC(=O)[C@@H](Cc1ccncc1)NC(=O)OC(C)(C)C. The van der Waals surface area contributed by atoms with Crippen LogP contribution in [-0.4, -0.2) is 46.1 Å². The summed E-state index contributed by atoms with van der Waals surface area (Å²) in [5.74, 6) is -0.143. The molecule has 0 bridgehead atoms. The lowest BCUT2D eigenvalue weighted by molar-refractivity contribution is -0.130. The lowest BCUT2D eigenvalue weighted by Crippen LogP contribution is -2.57. The van der Waals surface area contributed by atoms with E-state index in [4.69, 9.17) is 9.47 Å². The van der Waals surface area contributed by atoms with Crippen LogP contribution < -0.4 is 20.7 Å². The van der Waals surface area contributed by atoms with Crippen molar-refractivity contribution in [2.75, 3.05) is 0 Å². The predicted octanol–water partition coefficient (Wildman–Crippen LogP) is 4.74. The second-order valence-electron chi connectivity index (χ2n) is 12.2. The number of carbonyl (C=O) groups is 3. The van der Waals surface area contributed by atoms with E-state index in [-0.39, 0.29) is 18.7 Å². The van der Waals surface area contributed by atoms with Crippen LogP contribution in [0.4, 0.5) is 4.79 Å². The van der Waals surface area contributed by atoms with E-state index in [0.717, 1.165) is 16.7 Å². The Morgan fingerprint density at radius 3 is 1.86 bits per heavy atom. The maximum Gasteiger partial charge on any atom is 0.408 e. The summed E-state index contributed by atoms with van der Waals surface area (Å²) >= 11 is 0. The number of alkyl carbamates (subject to hydrolysis) is 1. The zero-order chi connectivity index (χ0) is 30.8. The van der Waals surface area contributed by atoms with Gasteiger partial charge in [0.15, 0.2) is 0 Å². The summed E-state index contributed by atoms with van der Waals surface area (Å²) in [5.41, 5.74) is 1.43. The largest absolute Gasteiger partial charge is 0.489 e. The van der Waals surface area contributed by atoms with Crippen LogP contribution in [0.2, 0.25) is 0 Å². The highest BCUT2D eigenvalue weighted by Gasteiger charge is 2.30. The van der Waals surface area contributed by atoms with Gasteiger partial charge in [0.1, 0.15) is 30.0 Å². The number of hydrogen-bond acceptors (Lipinski definition) is 6. The summed E-state index contributed by atoms with van der Waals surface area (Å²) in [6, 6.07) is 19.0. The Morgan fingerprint density at radius 1 is 0.714 bits per heavy atom. The van der Waals surface area contributed by atoms with Gasteiger partial charge in [-0.1, -0.05) is 42.5 Å². The number of aromatic nitrogens is 1. The van der Waals surface area contributed by atoms with Gasteiger partial charge in [0.05, 0.1) is 0 Å². The van der Waals surface area contributed by atoms with E-state index >= 15 is 0 Å². The van der Waals surface area contributed by atoms with Crippen LogP contribution in [0, 0.1) is 0 Å². The summed E-state index contributed by atoms with van der Waals surface area (Å²) in [6.07, 6.45) is 2.93. The molecule has 3 aromatic rings. The van der Waals surface area contributed by atoms with Gasteiger partial charge in [0.25, 0.3) is 0 Å². The van der Waals surface area contributed by atoms with Gasteiger partial charge in [0.2, 0.25) is 11.8 Å². The molecular weight excluding hydrogens is 532 g/mol. The lowest BCUT2D eigenvalue weighted by Gasteiger charge is -2.28. The number of nitrogens with zero attached hydrogens (tertiary/aromatic N) is 1. The Bertz CT molecular complexity index is 1300. The fourth-order valence-electron chi connectivity index (χ4n) is 4.05. The zero-order valence-electron chi connectivity index (χ0n) is 25.3. The smallest absolute Gasteiger partial charge is 0.408 e. The van der Waals surface area contributed by atoms with E-state index in [9.17, 15) is 14.4 Å². The Kier molecular flexibility index (Phi) is 11.1. The zero-order valence-corrected chi connectivity index (χ0v) is 25.3. The molecule has 0 spiro atoms. The van der Waals surface area contributed by atoms with Crippen molar-refractivity contribution in [1.82, 2.24) is 20.9 Å². The van der Waals surface area contributed by atoms with Crippen molar-refractivity contribution in [1.29, 1.82) is 0 Å². The van der Waals surface area contributed by atoms with Crippen LogP contribution in [-0.2, 0) is 33.8 Å². The molecule has 2 atom stereocenters. The van der Waals surface area contributed by atoms with Crippen molar-refractivity contribution in [2.45, 2.75) is 84.2 Å². The molecule has 224 valence electrons. The molecule has 3 rings (SSSR count). The Morgan fingerprint density at radius 2 is 1.29 bits per heavy atom. The minimum absolute atomic E-state index is 0.189. The molecule has 0 aliphatic rings. The number of benzene rings is 2. The van der Waals surface area contributed by atoms with Gasteiger partial charge in [-0.05, 0) is 82.5 Å². The van der Waals surface area contributed by atoms with Gasteiger partial charge in [-0.15, -0.1) is 0 Å². The van der Waals surface area contributed by atoms with E-state index in [1.807, 2.05) is 75.4 Å². The van der Waals surface area contributed by atoms with E-state index in [0.29, 0.717) is 12.4 Å². The number of carbonyl (C=O) groups excluding carboxylic acids is 3. The summed E-state index contributed by atoms with van der Waals surface area (Å²) in [4.78, 5) is 43.6. The number of ether oxygens (including phenoxy) is 2. The second-order valence-corrected chi connectivity index (χ2v) is 12.2. The maximum absolute atomic E-state index is 13.6. The monoisotopic (exact) mass is 574 g/mol. The highest BCUT2D eigenvalue weighted by molar-refractivity contribution is 5.92. The van der Waals surface area contributed by atoms with E-state index in [2.05, 4.69) is 20.9 Å². The average Bonchev–Trinajstić information content (AvgIpc) is 2.91. The number of pyridine rings is 1. The van der Waals surface area contributed by atoms with Crippen LogP contribution in [0.1, 0.15) is 58.2 Å². The first-order chi connectivity index (χ1) is 19.8. The molecule has 0 aliphatic carbocycles. The summed E-state index contributed by atoms with van der Waals surface area (Å²) in [7, 11) is 0. The van der Waals surface area contributed by atoms with Gasteiger partial charge in [-0.25, -0.2) is 4.79 Å². The quantitative estimate of drug-likeness (QED) is 0.305. The van der Waals surface area contributed by atoms with Gasteiger partial charge in [-0.2, -0.15) is 0 Å². The molecule has 0 saturated heterocycles. The van der Waals surface area contributed by atoms with Crippen molar-refractivity contribution in [3.63, 3.8) is 0 Å². The molecule has 0 unspecified atom stereocenters. The van der Waals surface area contributed by atoms with Crippen LogP contribution in [0.25, 0.3) is 0 Å². The van der Waals surface area contributed by atoms with E-state index < -0.39 is 35.2 Å². The van der Waals surface area contributed by atoms with Gasteiger partial charge < -0.3 is 25.4 Å². The first kappa shape index (κ1) is 32.1. The molecule has 1 heterocycles. The van der Waals surface area contributed by atoms with E-state index in [1.165, 1.54) is 0 Å². The van der Waals surface area contributed by atoms with Crippen molar-refractivity contribution in [3.8, 4) is 5.75 Å². The van der Waals surface area contributed by atoms with Crippen molar-refractivity contribution in [3.05, 3.63) is 95.8 Å². The average molecular weight is 575 g/mol. The summed E-state index contributed by atoms with van der Waals surface area (Å²) < 4.78 is 11.3. The Balaban J connectivity index is 1.76. The van der Waals surface area contributed by atoms with E-state index in [1.54, 1.807) is 45.3 Å². The van der Waals surface area contributed by atoms with Gasteiger partial charge >= 0.3 is 6.09 Å². The fraction of sp³-hybridized carbons (Fsp3) is 0.394. The van der Waals surface area contributed by atoms with Crippen molar-refractivity contribution >= 4 is 17.9 Å². The molecule has 3 N–H and O–H groups in total. The first-order valence-corrected chi connectivity index (χ1v) is 14.0. The second kappa shape index (κ2) is 14.5. The van der Waals surface area contributed by atoms with Crippen LogP contribution >= 0.6 is 0 Å². The highest BCUT2D eigenvalue weighted by Crippen LogP contribution is 2.16. The Hall–Kier alpha value is -4.40. The number of amides is 3. The molecule has 9 heteroatoms.